The van der Waals surface area contributed by atoms with Crippen LogP contribution in [0, 0.1) is 5.92 Å². The van der Waals surface area contributed by atoms with Crippen molar-refractivity contribution in [3.05, 3.63) is 76.2 Å². The van der Waals surface area contributed by atoms with Crippen LogP contribution >= 0.6 is 23.2 Å². The van der Waals surface area contributed by atoms with Gasteiger partial charge in [-0.1, -0.05) is 53.5 Å². The van der Waals surface area contributed by atoms with E-state index in [0.717, 1.165) is 5.56 Å². The maximum atomic E-state index is 12.6. The fourth-order valence-corrected chi connectivity index (χ4v) is 4.43. The third-order valence-corrected chi connectivity index (χ3v) is 6.38. The smallest absolute Gasteiger partial charge is 0.223 e. The molecule has 0 aliphatic carbocycles. The van der Waals surface area contributed by atoms with Crippen LogP contribution in [-0.4, -0.2) is 34.8 Å². The summed E-state index contributed by atoms with van der Waals surface area (Å²) in [4.78, 5) is 31.2. The predicted molar refractivity (Wildman–Crippen MR) is 128 cm³/mol. The Morgan fingerprint density at radius 3 is 2.58 bits per heavy atom. The van der Waals surface area contributed by atoms with Crippen molar-refractivity contribution in [2.24, 2.45) is 5.92 Å². The van der Waals surface area contributed by atoms with Crippen LogP contribution in [0.1, 0.15) is 30.7 Å². The van der Waals surface area contributed by atoms with Gasteiger partial charge in [-0.25, -0.2) is 4.98 Å². The summed E-state index contributed by atoms with van der Waals surface area (Å²) in [5.41, 5.74) is 1.78. The van der Waals surface area contributed by atoms with E-state index >= 15 is 0 Å². The van der Waals surface area contributed by atoms with Crippen LogP contribution in [0.2, 0.25) is 10.0 Å². The molecule has 8 heteroatoms. The lowest BCUT2D eigenvalue weighted by Gasteiger charge is -2.31. The summed E-state index contributed by atoms with van der Waals surface area (Å²) >= 11 is 12.2. The van der Waals surface area contributed by atoms with Gasteiger partial charge in [0.2, 0.25) is 11.8 Å². The first kappa shape index (κ1) is 23.3. The number of nitrogens with one attached hydrogen (secondary N) is 1. The van der Waals surface area contributed by atoms with Crippen molar-refractivity contribution in [1.29, 1.82) is 0 Å². The Balaban J connectivity index is 1.22. The number of aromatic nitrogens is 1. The second-order valence-corrected chi connectivity index (χ2v) is 8.94. The lowest BCUT2D eigenvalue weighted by molar-refractivity contribution is -0.135. The number of carbonyl (C=O) groups excluding carboxylic acids is 2. The van der Waals surface area contributed by atoms with E-state index in [1.165, 1.54) is 0 Å². The Labute approximate surface area is 202 Å². The minimum atomic E-state index is -0.0591. The summed E-state index contributed by atoms with van der Waals surface area (Å²) < 4.78 is 5.78. The van der Waals surface area contributed by atoms with Gasteiger partial charge in [0, 0.05) is 49.0 Å². The molecule has 0 spiro atoms. The molecular weight excluding hydrogens is 461 g/mol. The SMILES string of the molecule is O=C(NCc1ccccc1)C1CCN(C(=O)CCc2ncc(-c3ccc(Cl)cc3Cl)o2)CC1. The molecule has 3 aromatic rings. The summed E-state index contributed by atoms with van der Waals surface area (Å²) in [5, 5.41) is 4.03. The Morgan fingerprint density at radius 2 is 1.85 bits per heavy atom. The van der Waals surface area contributed by atoms with Crippen molar-refractivity contribution >= 4 is 35.0 Å². The molecule has 0 atom stereocenters. The van der Waals surface area contributed by atoms with E-state index in [-0.39, 0.29) is 17.7 Å². The Morgan fingerprint density at radius 1 is 1.09 bits per heavy atom. The average Bonchev–Trinajstić information content (AvgIpc) is 3.30. The second-order valence-electron chi connectivity index (χ2n) is 8.10. The van der Waals surface area contributed by atoms with Gasteiger partial charge < -0.3 is 14.6 Å². The number of hydrogen-bond donors (Lipinski definition) is 1. The predicted octanol–water partition coefficient (Wildman–Crippen LogP) is 5.14. The highest BCUT2D eigenvalue weighted by Crippen LogP contribution is 2.31. The molecule has 0 bridgehead atoms. The number of piperidine rings is 1. The number of carbonyl (C=O) groups is 2. The number of likely N-dealkylation sites (tertiary alicyclic amines) is 1. The summed E-state index contributed by atoms with van der Waals surface area (Å²) in [6.07, 6.45) is 3.66. The molecule has 4 rings (SSSR count). The van der Waals surface area contributed by atoms with E-state index < -0.39 is 0 Å². The minimum absolute atomic E-state index is 0.0439. The number of aryl methyl sites for hydroxylation is 1. The van der Waals surface area contributed by atoms with Gasteiger partial charge in [-0.2, -0.15) is 0 Å². The first-order chi connectivity index (χ1) is 16.0. The van der Waals surface area contributed by atoms with Crippen LogP contribution in [0.5, 0.6) is 0 Å². The van der Waals surface area contributed by atoms with Gasteiger partial charge in [0.1, 0.15) is 0 Å². The van der Waals surface area contributed by atoms with Crippen molar-refractivity contribution in [1.82, 2.24) is 15.2 Å². The molecule has 2 amide bonds. The van der Waals surface area contributed by atoms with Crippen LogP contribution < -0.4 is 5.32 Å². The van der Waals surface area contributed by atoms with Crippen LogP contribution in [0.25, 0.3) is 11.3 Å². The molecule has 1 fully saturated rings. The summed E-state index contributed by atoms with van der Waals surface area (Å²) in [5.74, 6) is 1.07. The molecule has 1 aliphatic rings. The molecule has 0 saturated carbocycles. The first-order valence-electron chi connectivity index (χ1n) is 11.0. The maximum absolute atomic E-state index is 12.6. The van der Waals surface area contributed by atoms with Gasteiger partial charge in [-0.05, 0) is 36.6 Å². The van der Waals surface area contributed by atoms with E-state index in [9.17, 15) is 9.59 Å². The van der Waals surface area contributed by atoms with Crippen LogP contribution in [0.3, 0.4) is 0 Å². The van der Waals surface area contributed by atoms with Crippen LogP contribution in [0.4, 0.5) is 0 Å². The fourth-order valence-electron chi connectivity index (χ4n) is 3.93. The van der Waals surface area contributed by atoms with Gasteiger partial charge in [0.05, 0.1) is 11.2 Å². The van der Waals surface area contributed by atoms with Gasteiger partial charge in [-0.3, -0.25) is 9.59 Å². The van der Waals surface area contributed by atoms with E-state index in [4.69, 9.17) is 27.6 Å². The third kappa shape index (κ3) is 6.15. The Kier molecular flexibility index (Phi) is 7.68. The van der Waals surface area contributed by atoms with Crippen molar-refractivity contribution in [2.75, 3.05) is 13.1 Å². The Bertz CT molecular complexity index is 1110. The Hall–Kier alpha value is -2.83. The average molecular weight is 486 g/mol. The third-order valence-electron chi connectivity index (χ3n) is 5.83. The normalized spacial score (nSPS) is 14.3. The molecule has 1 aliphatic heterocycles. The molecule has 0 unspecified atom stereocenters. The van der Waals surface area contributed by atoms with Crippen molar-refractivity contribution in [3.63, 3.8) is 0 Å². The highest BCUT2D eigenvalue weighted by Gasteiger charge is 2.27. The molecule has 0 radical (unpaired) electrons. The number of amides is 2. The number of nitrogens with zero attached hydrogens (tertiary/aromatic N) is 2. The zero-order valence-corrected chi connectivity index (χ0v) is 19.6. The monoisotopic (exact) mass is 485 g/mol. The molecule has 1 N–H and O–H groups in total. The molecule has 1 aromatic heterocycles. The van der Waals surface area contributed by atoms with Crippen LogP contribution in [-0.2, 0) is 22.6 Å². The molecular formula is C25H25Cl2N3O3. The zero-order valence-electron chi connectivity index (χ0n) is 18.1. The van der Waals surface area contributed by atoms with Gasteiger partial charge in [0.25, 0.3) is 0 Å². The van der Waals surface area contributed by atoms with Gasteiger partial charge in [-0.15, -0.1) is 0 Å². The molecule has 2 aromatic carbocycles. The zero-order chi connectivity index (χ0) is 23.2. The number of oxazole rings is 1. The van der Waals surface area contributed by atoms with E-state index in [0.29, 0.717) is 72.6 Å². The fraction of sp³-hybridized carbons (Fsp3) is 0.320. The van der Waals surface area contributed by atoms with Crippen molar-refractivity contribution < 1.29 is 14.0 Å². The second kappa shape index (κ2) is 10.9. The highest BCUT2D eigenvalue weighted by atomic mass is 35.5. The topological polar surface area (TPSA) is 75.4 Å². The first-order valence-corrected chi connectivity index (χ1v) is 11.7. The summed E-state index contributed by atoms with van der Waals surface area (Å²) in [7, 11) is 0. The molecule has 172 valence electrons. The van der Waals surface area contributed by atoms with Crippen molar-refractivity contribution in [3.8, 4) is 11.3 Å². The summed E-state index contributed by atoms with van der Waals surface area (Å²) in [6.45, 7) is 1.69. The molecule has 6 nitrogen and oxygen atoms in total. The van der Waals surface area contributed by atoms with Gasteiger partial charge >= 0.3 is 0 Å². The lowest BCUT2D eigenvalue weighted by Crippen LogP contribution is -2.43. The van der Waals surface area contributed by atoms with E-state index in [1.54, 1.807) is 24.4 Å². The highest BCUT2D eigenvalue weighted by molar-refractivity contribution is 6.36. The molecule has 2 heterocycles. The minimum Gasteiger partial charge on any atom is -0.441 e. The van der Waals surface area contributed by atoms with E-state index in [2.05, 4.69) is 10.3 Å². The number of hydrogen-bond acceptors (Lipinski definition) is 4. The number of rotatable bonds is 7. The summed E-state index contributed by atoms with van der Waals surface area (Å²) in [6, 6.07) is 15.0. The van der Waals surface area contributed by atoms with E-state index in [1.807, 2.05) is 35.2 Å². The molecule has 33 heavy (non-hydrogen) atoms. The maximum Gasteiger partial charge on any atom is 0.223 e. The molecule has 1 saturated heterocycles. The lowest BCUT2D eigenvalue weighted by atomic mass is 9.95. The van der Waals surface area contributed by atoms with Gasteiger partial charge in [0.15, 0.2) is 11.7 Å². The number of benzene rings is 2. The largest absolute Gasteiger partial charge is 0.441 e. The quantitative estimate of drug-likeness (QED) is 0.502. The number of halogens is 2. The van der Waals surface area contributed by atoms with Crippen molar-refractivity contribution in [2.45, 2.75) is 32.2 Å². The van der Waals surface area contributed by atoms with Crippen LogP contribution in [0.15, 0.2) is 59.1 Å². The standard InChI is InChI=1S/C25H25Cl2N3O3/c26-19-6-7-20(21(27)14-19)22-16-28-23(33-22)8-9-24(31)30-12-10-18(11-13-30)25(32)29-15-17-4-2-1-3-5-17/h1-7,14,16,18H,8-13,15H2,(H,29,32).